The van der Waals surface area contributed by atoms with Crippen molar-refractivity contribution in [2.24, 2.45) is 5.41 Å². The van der Waals surface area contributed by atoms with E-state index < -0.39 is 0 Å². The molecular formula is C21H30O. The summed E-state index contributed by atoms with van der Waals surface area (Å²) in [5.74, 6) is 0. The Labute approximate surface area is 135 Å². The molecule has 0 amide bonds. The second kappa shape index (κ2) is 5.53. The SMILES string of the molecule is CCc1cccc2c1CC1=C2CCOC1(CC)CC(C)(C)C. The quantitative estimate of drug-likeness (QED) is 0.709. The predicted octanol–water partition coefficient (Wildman–Crippen LogP) is 5.56. The summed E-state index contributed by atoms with van der Waals surface area (Å²) in [6.07, 6.45) is 5.52. The summed E-state index contributed by atoms with van der Waals surface area (Å²) >= 11 is 0. The Kier molecular flexibility index (Phi) is 3.97. The normalized spacial score (nSPS) is 24.4. The fraction of sp³-hybridized carbons (Fsp3) is 0.619. The fourth-order valence-corrected chi connectivity index (χ4v) is 4.52. The molecule has 1 aromatic carbocycles. The standard InChI is InChI=1S/C21H30O/c1-6-15-9-8-10-16-17-11-12-22-21(7-2,14-20(3,4)5)19(17)13-18(15)16/h8-10H,6-7,11-14H2,1-5H3. The molecule has 0 aromatic heterocycles. The van der Waals surface area contributed by atoms with Gasteiger partial charge in [-0.3, -0.25) is 0 Å². The highest BCUT2D eigenvalue weighted by atomic mass is 16.5. The third kappa shape index (κ3) is 2.54. The van der Waals surface area contributed by atoms with Crippen molar-refractivity contribution in [3.63, 3.8) is 0 Å². The Morgan fingerprint density at radius 2 is 1.95 bits per heavy atom. The van der Waals surface area contributed by atoms with Crippen molar-refractivity contribution in [2.45, 2.75) is 72.3 Å². The molecule has 120 valence electrons. The van der Waals surface area contributed by atoms with E-state index in [2.05, 4.69) is 52.8 Å². The van der Waals surface area contributed by atoms with E-state index in [0.717, 1.165) is 38.7 Å². The van der Waals surface area contributed by atoms with Crippen molar-refractivity contribution >= 4 is 5.57 Å². The van der Waals surface area contributed by atoms with E-state index in [4.69, 9.17) is 4.74 Å². The molecule has 1 heteroatoms. The molecule has 0 radical (unpaired) electrons. The van der Waals surface area contributed by atoms with Crippen LogP contribution < -0.4 is 0 Å². The maximum atomic E-state index is 6.45. The van der Waals surface area contributed by atoms with E-state index in [-0.39, 0.29) is 11.0 Å². The summed E-state index contributed by atoms with van der Waals surface area (Å²) in [7, 11) is 0. The molecule has 3 rings (SSSR count). The second-order valence-corrected chi connectivity index (χ2v) is 8.11. The third-order valence-corrected chi connectivity index (χ3v) is 5.36. The van der Waals surface area contributed by atoms with E-state index in [1.54, 1.807) is 16.7 Å². The van der Waals surface area contributed by atoms with Crippen LogP contribution in [0.4, 0.5) is 0 Å². The minimum atomic E-state index is -0.0458. The number of aryl methyl sites for hydroxylation is 1. The number of hydrogen-bond acceptors (Lipinski definition) is 1. The molecule has 1 nitrogen and oxygen atoms in total. The lowest BCUT2D eigenvalue weighted by Crippen LogP contribution is -2.41. The number of rotatable bonds is 3. The molecule has 0 saturated heterocycles. The van der Waals surface area contributed by atoms with Crippen LogP contribution in [-0.2, 0) is 17.6 Å². The highest BCUT2D eigenvalue weighted by Crippen LogP contribution is 2.50. The van der Waals surface area contributed by atoms with Gasteiger partial charge in [0.05, 0.1) is 12.2 Å². The lowest BCUT2D eigenvalue weighted by Gasteiger charge is -2.42. The van der Waals surface area contributed by atoms with Crippen molar-refractivity contribution in [1.82, 2.24) is 0 Å². The summed E-state index contributed by atoms with van der Waals surface area (Å²) in [5.41, 5.74) is 8.04. The third-order valence-electron chi connectivity index (χ3n) is 5.36. The Morgan fingerprint density at radius 3 is 2.59 bits per heavy atom. The van der Waals surface area contributed by atoms with Gasteiger partial charge in [0, 0.05) is 0 Å². The molecule has 0 bridgehead atoms. The van der Waals surface area contributed by atoms with Crippen LogP contribution in [0, 0.1) is 5.41 Å². The first kappa shape index (κ1) is 15.8. The lowest BCUT2D eigenvalue weighted by atomic mass is 9.73. The summed E-state index contributed by atoms with van der Waals surface area (Å²) in [5, 5.41) is 0. The molecule has 1 aliphatic heterocycles. The number of fused-ring (bicyclic) bond motifs is 2. The van der Waals surface area contributed by atoms with Gasteiger partial charge in [-0.1, -0.05) is 52.8 Å². The molecule has 0 fully saturated rings. The Morgan fingerprint density at radius 1 is 1.18 bits per heavy atom. The predicted molar refractivity (Wildman–Crippen MR) is 94.1 cm³/mol. The highest BCUT2D eigenvalue weighted by molar-refractivity contribution is 5.79. The maximum absolute atomic E-state index is 6.45. The number of benzene rings is 1. The topological polar surface area (TPSA) is 9.23 Å². The van der Waals surface area contributed by atoms with Gasteiger partial charge in [0.1, 0.15) is 0 Å². The van der Waals surface area contributed by atoms with Gasteiger partial charge in [-0.25, -0.2) is 0 Å². The molecule has 1 heterocycles. The first-order chi connectivity index (χ1) is 10.4. The molecule has 1 unspecified atom stereocenters. The van der Waals surface area contributed by atoms with Crippen LogP contribution >= 0.6 is 0 Å². The van der Waals surface area contributed by atoms with Gasteiger partial charge >= 0.3 is 0 Å². The first-order valence-electron chi connectivity index (χ1n) is 8.88. The highest BCUT2D eigenvalue weighted by Gasteiger charge is 2.44. The maximum Gasteiger partial charge on any atom is 0.0903 e. The lowest BCUT2D eigenvalue weighted by molar-refractivity contribution is -0.0504. The zero-order valence-corrected chi connectivity index (χ0v) is 14.9. The van der Waals surface area contributed by atoms with E-state index >= 15 is 0 Å². The minimum absolute atomic E-state index is 0.0458. The van der Waals surface area contributed by atoms with Crippen LogP contribution in [0.2, 0.25) is 0 Å². The van der Waals surface area contributed by atoms with Gasteiger partial charge < -0.3 is 4.74 Å². The van der Waals surface area contributed by atoms with E-state index in [1.807, 2.05) is 0 Å². The Hall–Kier alpha value is -1.08. The van der Waals surface area contributed by atoms with Crippen molar-refractivity contribution < 1.29 is 4.74 Å². The average molecular weight is 298 g/mol. The number of hydrogen-bond donors (Lipinski definition) is 0. The van der Waals surface area contributed by atoms with Gasteiger partial charge in [0.15, 0.2) is 0 Å². The van der Waals surface area contributed by atoms with Crippen molar-refractivity contribution in [3.8, 4) is 0 Å². The van der Waals surface area contributed by atoms with E-state index in [0.29, 0.717) is 0 Å². The molecular weight excluding hydrogens is 268 g/mol. The van der Waals surface area contributed by atoms with Crippen LogP contribution in [0.25, 0.3) is 5.57 Å². The molecule has 2 aliphatic rings. The molecule has 1 aromatic rings. The molecule has 0 spiro atoms. The second-order valence-electron chi connectivity index (χ2n) is 8.11. The largest absolute Gasteiger partial charge is 0.370 e. The van der Waals surface area contributed by atoms with Gasteiger partial charge in [0.25, 0.3) is 0 Å². The van der Waals surface area contributed by atoms with E-state index in [9.17, 15) is 0 Å². The Bertz CT molecular complexity index is 603. The van der Waals surface area contributed by atoms with Crippen LogP contribution in [0.1, 0.15) is 70.6 Å². The van der Waals surface area contributed by atoms with Crippen LogP contribution in [0.5, 0.6) is 0 Å². The monoisotopic (exact) mass is 298 g/mol. The fourth-order valence-electron chi connectivity index (χ4n) is 4.52. The average Bonchev–Trinajstić information content (AvgIpc) is 2.86. The summed E-state index contributed by atoms with van der Waals surface area (Å²) < 4.78 is 6.45. The summed E-state index contributed by atoms with van der Waals surface area (Å²) in [4.78, 5) is 0. The summed E-state index contributed by atoms with van der Waals surface area (Å²) in [6.45, 7) is 12.4. The Balaban J connectivity index is 2.07. The van der Waals surface area contributed by atoms with Gasteiger partial charge in [-0.2, -0.15) is 0 Å². The van der Waals surface area contributed by atoms with Crippen molar-refractivity contribution in [1.29, 1.82) is 0 Å². The molecule has 0 saturated carbocycles. The van der Waals surface area contributed by atoms with Gasteiger partial charge in [-0.15, -0.1) is 0 Å². The zero-order chi connectivity index (χ0) is 16.0. The zero-order valence-electron chi connectivity index (χ0n) is 14.9. The number of ether oxygens (including phenoxy) is 1. The molecule has 0 N–H and O–H groups in total. The summed E-state index contributed by atoms with van der Waals surface area (Å²) in [6, 6.07) is 6.87. The van der Waals surface area contributed by atoms with Gasteiger partial charge in [0.2, 0.25) is 0 Å². The van der Waals surface area contributed by atoms with Gasteiger partial charge in [-0.05, 0) is 65.4 Å². The minimum Gasteiger partial charge on any atom is -0.370 e. The van der Waals surface area contributed by atoms with Crippen LogP contribution in [0.3, 0.4) is 0 Å². The molecule has 22 heavy (non-hydrogen) atoms. The van der Waals surface area contributed by atoms with Crippen LogP contribution in [-0.4, -0.2) is 12.2 Å². The van der Waals surface area contributed by atoms with Crippen molar-refractivity contribution in [2.75, 3.05) is 6.61 Å². The van der Waals surface area contributed by atoms with Crippen molar-refractivity contribution in [3.05, 3.63) is 40.5 Å². The van der Waals surface area contributed by atoms with E-state index in [1.165, 1.54) is 11.1 Å². The smallest absolute Gasteiger partial charge is 0.0903 e. The molecule has 1 atom stereocenters. The molecule has 1 aliphatic carbocycles. The van der Waals surface area contributed by atoms with Crippen LogP contribution in [0.15, 0.2) is 23.8 Å². The first-order valence-corrected chi connectivity index (χ1v) is 8.88.